The van der Waals surface area contributed by atoms with Crippen LogP contribution in [0.2, 0.25) is 0 Å². The molecule has 1 rings (SSSR count). The largest absolute Gasteiger partial charge is 0.393 e. The van der Waals surface area contributed by atoms with Crippen molar-refractivity contribution in [2.45, 2.75) is 109 Å². The van der Waals surface area contributed by atoms with Crippen molar-refractivity contribution in [2.24, 2.45) is 11.8 Å². The number of hydrogen-bond donors (Lipinski definition) is 3. The number of allylic oxidation sites excluding steroid dienone is 2. The zero-order chi connectivity index (χ0) is 25.2. The highest BCUT2D eigenvalue weighted by atomic mass is 16.9. The lowest BCUT2D eigenvalue weighted by Gasteiger charge is -2.22. The van der Waals surface area contributed by atoms with Gasteiger partial charge in [0.05, 0.1) is 18.8 Å². The maximum Gasteiger partial charge on any atom is 0.294 e. The van der Waals surface area contributed by atoms with E-state index in [2.05, 4.69) is 17.1 Å². The van der Waals surface area contributed by atoms with Crippen molar-refractivity contribution >= 4 is 11.7 Å². The quantitative estimate of drug-likeness (QED) is 0.103. The average Bonchev–Trinajstić information content (AvgIpc) is 3.06. The minimum absolute atomic E-state index is 0.0358. The summed E-state index contributed by atoms with van der Waals surface area (Å²) in [5.74, 6) is 0.0453. The van der Waals surface area contributed by atoms with Crippen LogP contribution in [0.4, 0.5) is 0 Å². The molecule has 34 heavy (non-hydrogen) atoms. The summed E-state index contributed by atoms with van der Waals surface area (Å²) in [7, 11) is 0. The van der Waals surface area contributed by atoms with Gasteiger partial charge in [-0.25, -0.2) is 0 Å². The third-order valence-electron chi connectivity index (χ3n) is 6.53. The number of aliphatic hydroxyl groups excluding tert-OH is 2. The molecule has 0 heterocycles. The molecule has 1 aliphatic rings. The number of unbranched alkanes of at least 4 members (excludes halogenated alkanes) is 5. The summed E-state index contributed by atoms with van der Waals surface area (Å²) in [5, 5.41) is 32.6. The molecule has 0 bridgehead atoms. The SMILES string of the molecule is CCCCCCCC(=O)CC[C@@H]1[C@@H](CC=CCCCC(=O)NCCCO[N+](=O)[O-])[C@@H](O)C[C@H]1O. The second-order valence-electron chi connectivity index (χ2n) is 9.30. The molecular weight excluding hydrogens is 440 g/mol. The third kappa shape index (κ3) is 13.6. The molecule has 0 unspecified atom stereocenters. The number of hydrogen-bond acceptors (Lipinski definition) is 7. The van der Waals surface area contributed by atoms with Crippen LogP contribution in [0, 0.1) is 22.0 Å². The molecule has 0 saturated heterocycles. The van der Waals surface area contributed by atoms with Crippen LogP contribution in [-0.2, 0) is 14.4 Å². The summed E-state index contributed by atoms with van der Waals surface area (Å²) in [5.41, 5.74) is 0. The van der Waals surface area contributed by atoms with Crippen molar-refractivity contribution in [1.29, 1.82) is 0 Å². The molecule has 0 spiro atoms. The highest BCUT2D eigenvalue weighted by Gasteiger charge is 2.40. The van der Waals surface area contributed by atoms with Crippen molar-refractivity contribution in [3.8, 4) is 0 Å². The van der Waals surface area contributed by atoms with E-state index in [-0.39, 0.29) is 30.1 Å². The maximum absolute atomic E-state index is 12.2. The Labute approximate surface area is 203 Å². The summed E-state index contributed by atoms with van der Waals surface area (Å²) < 4.78 is 0. The molecule has 1 amide bonds. The molecule has 0 radical (unpaired) electrons. The van der Waals surface area contributed by atoms with Crippen molar-refractivity contribution in [1.82, 2.24) is 5.32 Å². The first-order valence-corrected chi connectivity index (χ1v) is 12.9. The Bertz CT molecular complexity index is 626. The lowest BCUT2D eigenvalue weighted by Crippen LogP contribution is -2.25. The van der Waals surface area contributed by atoms with Crippen LogP contribution in [0.5, 0.6) is 0 Å². The van der Waals surface area contributed by atoms with Crippen molar-refractivity contribution in [3.63, 3.8) is 0 Å². The Morgan fingerprint density at radius 1 is 1.00 bits per heavy atom. The fraction of sp³-hybridized carbons (Fsp3) is 0.840. The summed E-state index contributed by atoms with van der Waals surface area (Å²) in [4.78, 5) is 38.2. The van der Waals surface area contributed by atoms with Crippen LogP contribution < -0.4 is 5.32 Å². The van der Waals surface area contributed by atoms with Gasteiger partial charge in [0.25, 0.3) is 5.09 Å². The summed E-state index contributed by atoms with van der Waals surface area (Å²) in [6.45, 7) is 2.47. The van der Waals surface area contributed by atoms with Gasteiger partial charge < -0.3 is 20.4 Å². The van der Waals surface area contributed by atoms with Gasteiger partial charge in [0.15, 0.2) is 0 Å². The molecule has 9 heteroatoms. The lowest BCUT2D eigenvalue weighted by molar-refractivity contribution is -0.757. The molecule has 0 aromatic rings. The molecule has 1 fully saturated rings. The number of nitrogens with one attached hydrogen (secondary N) is 1. The predicted molar refractivity (Wildman–Crippen MR) is 129 cm³/mol. The molecule has 0 aromatic heterocycles. The Morgan fingerprint density at radius 3 is 2.47 bits per heavy atom. The van der Waals surface area contributed by atoms with Gasteiger partial charge in [-0.05, 0) is 56.8 Å². The average molecular weight is 485 g/mol. The zero-order valence-electron chi connectivity index (χ0n) is 20.7. The molecule has 1 aliphatic carbocycles. The van der Waals surface area contributed by atoms with Gasteiger partial charge in [-0.1, -0.05) is 44.8 Å². The number of carbonyl (C=O) groups is 2. The first-order chi connectivity index (χ1) is 16.3. The Hall–Kier alpha value is -2.00. The fourth-order valence-electron chi connectivity index (χ4n) is 4.56. The van der Waals surface area contributed by atoms with Crippen LogP contribution in [0.3, 0.4) is 0 Å². The first-order valence-electron chi connectivity index (χ1n) is 12.9. The number of aliphatic hydroxyl groups is 2. The van der Waals surface area contributed by atoms with Gasteiger partial charge in [-0.15, -0.1) is 10.1 Å². The van der Waals surface area contributed by atoms with Gasteiger partial charge in [0.1, 0.15) is 5.78 Å². The summed E-state index contributed by atoms with van der Waals surface area (Å²) in [6.07, 6.45) is 13.4. The van der Waals surface area contributed by atoms with Crippen molar-refractivity contribution < 1.29 is 29.7 Å². The van der Waals surface area contributed by atoms with E-state index in [4.69, 9.17) is 0 Å². The standard InChI is InChI=1S/C25H44N2O7/c1-2-3-4-5-8-12-20(28)15-16-22-21(23(29)19-24(22)30)13-9-6-7-10-14-25(31)26-17-11-18-34-27(32)33/h6,9,21-24,29-30H,2-5,7-8,10-19H2,1H3,(H,26,31)/t21-,22-,23+,24-/m1/s1. The van der Waals surface area contributed by atoms with Crippen LogP contribution >= 0.6 is 0 Å². The maximum atomic E-state index is 12.2. The van der Waals surface area contributed by atoms with E-state index in [9.17, 15) is 29.9 Å². The highest BCUT2D eigenvalue weighted by molar-refractivity contribution is 5.78. The van der Waals surface area contributed by atoms with Crippen molar-refractivity contribution in [3.05, 3.63) is 22.3 Å². The number of amides is 1. The lowest BCUT2D eigenvalue weighted by atomic mass is 9.86. The van der Waals surface area contributed by atoms with Crippen LogP contribution in [0.1, 0.15) is 96.8 Å². The van der Waals surface area contributed by atoms with Gasteiger partial charge in [-0.2, -0.15) is 0 Å². The third-order valence-corrected chi connectivity index (χ3v) is 6.53. The molecule has 1 saturated carbocycles. The minimum Gasteiger partial charge on any atom is -0.393 e. The highest BCUT2D eigenvalue weighted by Crippen LogP contribution is 2.38. The van der Waals surface area contributed by atoms with E-state index in [0.29, 0.717) is 57.9 Å². The van der Waals surface area contributed by atoms with Crippen LogP contribution in [0.25, 0.3) is 0 Å². The molecule has 4 atom stereocenters. The second-order valence-corrected chi connectivity index (χ2v) is 9.30. The second kappa shape index (κ2) is 18.3. The van der Waals surface area contributed by atoms with E-state index in [0.717, 1.165) is 19.3 Å². The first kappa shape index (κ1) is 30.0. The van der Waals surface area contributed by atoms with E-state index in [1.807, 2.05) is 12.2 Å². The van der Waals surface area contributed by atoms with Gasteiger partial charge in [-0.3, -0.25) is 9.59 Å². The van der Waals surface area contributed by atoms with Gasteiger partial charge in [0.2, 0.25) is 5.91 Å². The Morgan fingerprint density at radius 2 is 1.74 bits per heavy atom. The molecule has 9 nitrogen and oxygen atoms in total. The van der Waals surface area contributed by atoms with E-state index < -0.39 is 17.3 Å². The topological polar surface area (TPSA) is 139 Å². The monoisotopic (exact) mass is 484 g/mol. The van der Waals surface area contributed by atoms with E-state index in [1.54, 1.807) is 0 Å². The van der Waals surface area contributed by atoms with Gasteiger partial charge >= 0.3 is 0 Å². The minimum atomic E-state index is -0.850. The number of ketones is 1. The summed E-state index contributed by atoms with van der Waals surface area (Å²) >= 11 is 0. The summed E-state index contributed by atoms with van der Waals surface area (Å²) in [6, 6.07) is 0. The number of Topliss-reactive ketones (excluding diaryl/α,β-unsaturated/α-hetero) is 1. The smallest absolute Gasteiger partial charge is 0.294 e. The molecule has 0 aliphatic heterocycles. The Balaban J connectivity index is 2.22. The van der Waals surface area contributed by atoms with Crippen LogP contribution in [-0.4, -0.2) is 52.3 Å². The fourth-order valence-corrected chi connectivity index (χ4v) is 4.56. The van der Waals surface area contributed by atoms with E-state index >= 15 is 0 Å². The molecular formula is C25H44N2O7. The number of rotatable bonds is 20. The van der Waals surface area contributed by atoms with Crippen LogP contribution in [0.15, 0.2) is 12.2 Å². The normalized spacial score (nSPS) is 22.2. The molecule has 0 aromatic carbocycles. The van der Waals surface area contributed by atoms with E-state index in [1.165, 1.54) is 19.3 Å². The molecule has 3 N–H and O–H groups in total. The number of carbonyl (C=O) groups excluding carboxylic acids is 2. The number of nitrogens with zero attached hydrogens (tertiary/aromatic N) is 1. The van der Waals surface area contributed by atoms with Gasteiger partial charge in [0, 0.05) is 25.8 Å². The predicted octanol–water partition coefficient (Wildman–Crippen LogP) is 3.89. The Kier molecular flexibility index (Phi) is 16.2. The zero-order valence-corrected chi connectivity index (χ0v) is 20.7. The van der Waals surface area contributed by atoms with Crippen molar-refractivity contribution in [2.75, 3.05) is 13.2 Å². The molecule has 196 valence electrons.